The number of carbonyl (C=O) groups is 1. The first-order valence-corrected chi connectivity index (χ1v) is 6.90. The number of carboxylic acids is 1. The summed E-state index contributed by atoms with van der Waals surface area (Å²) in [5.41, 5.74) is 1.96. The van der Waals surface area contributed by atoms with Crippen LogP contribution >= 0.6 is 0 Å². The summed E-state index contributed by atoms with van der Waals surface area (Å²) < 4.78 is 5.12. The van der Waals surface area contributed by atoms with Crippen LogP contribution in [0.2, 0.25) is 0 Å². The maximum Gasteiger partial charge on any atom is 0.335 e. The minimum absolute atomic E-state index is 0.222. The van der Waals surface area contributed by atoms with Gasteiger partial charge < -0.3 is 9.84 Å². The minimum Gasteiger partial charge on any atom is -0.497 e. The summed E-state index contributed by atoms with van der Waals surface area (Å²) in [4.78, 5) is 12.3. The van der Waals surface area contributed by atoms with Crippen LogP contribution in [0.1, 0.15) is 15.9 Å². The number of carboxylic acid groups (broad SMARTS) is 1. The highest BCUT2D eigenvalue weighted by molar-refractivity contribution is 5.88. The number of tetrazole rings is 1. The van der Waals surface area contributed by atoms with Crippen molar-refractivity contribution in [3.63, 3.8) is 0 Å². The molecule has 0 unspecified atom stereocenters. The van der Waals surface area contributed by atoms with Gasteiger partial charge >= 0.3 is 5.97 Å². The van der Waals surface area contributed by atoms with E-state index in [2.05, 4.69) is 15.4 Å². The summed E-state index contributed by atoms with van der Waals surface area (Å²) in [6.07, 6.45) is 0. The van der Waals surface area contributed by atoms with Gasteiger partial charge in [-0.1, -0.05) is 24.3 Å². The van der Waals surface area contributed by atoms with E-state index in [1.54, 1.807) is 19.2 Å². The molecule has 0 radical (unpaired) electrons. The van der Waals surface area contributed by atoms with Crippen molar-refractivity contribution < 1.29 is 14.6 Å². The standard InChI is InChI=1S/C16H14N4O3/c1-23-14-8-2-11(3-9-14)10-20-18-15(17-19-20)12-4-6-13(7-5-12)16(21)22/h2-9H,10H2,1H3,(H,21,22). The number of hydrogen-bond donors (Lipinski definition) is 1. The highest BCUT2D eigenvalue weighted by Gasteiger charge is 2.08. The Labute approximate surface area is 132 Å². The summed E-state index contributed by atoms with van der Waals surface area (Å²) in [5.74, 6) is 0.280. The lowest BCUT2D eigenvalue weighted by Gasteiger charge is -2.02. The van der Waals surface area contributed by atoms with Gasteiger partial charge in [-0.25, -0.2) is 4.79 Å². The number of aromatic carboxylic acids is 1. The first-order valence-electron chi connectivity index (χ1n) is 6.90. The molecule has 0 aliphatic carbocycles. The lowest BCUT2D eigenvalue weighted by Crippen LogP contribution is -2.04. The SMILES string of the molecule is COc1ccc(Cn2nnc(-c3ccc(C(=O)O)cc3)n2)cc1. The second-order valence-electron chi connectivity index (χ2n) is 4.87. The van der Waals surface area contributed by atoms with Gasteiger partial charge in [-0.05, 0) is 35.0 Å². The van der Waals surface area contributed by atoms with Crippen molar-refractivity contribution in [1.29, 1.82) is 0 Å². The van der Waals surface area contributed by atoms with Crippen LogP contribution in [0.15, 0.2) is 48.5 Å². The second kappa shape index (κ2) is 6.27. The smallest absolute Gasteiger partial charge is 0.335 e. The molecular formula is C16H14N4O3. The Bertz CT molecular complexity index is 810. The average molecular weight is 310 g/mol. The van der Waals surface area contributed by atoms with E-state index in [1.807, 2.05) is 24.3 Å². The molecule has 7 heteroatoms. The summed E-state index contributed by atoms with van der Waals surface area (Å²) in [6.45, 7) is 0.490. The lowest BCUT2D eigenvalue weighted by molar-refractivity contribution is 0.0697. The summed E-state index contributed by atoms with van der Waals surface area (Å²) in [6, 6.07) is 14.0. The van der Waals surface area contributed by atoms with Crippen LogP contribution in [-0.2, 0) is 6.54 Å². The number of hydrogen-bond acceptors (Lipinski definition) is 5. The zero-order chi connectivity index (χ0) is 16.2. The third-order valence-electron chi connectivity index (χ3n) is 3.33. The van der Waals surface area contributed by atoms with Gasteiger partial charge in [0.2, 0.25) is 5.82 Å². The first kappa shape index (κ1) is 14.7. The summed E-state index contributed by atoms with van der Waals surface area (Å²) in [5, 5.41) is 21.2. The maximum absolute atomic E-state index is 10.8. The van der Waals surface area contributed by atoms with Crippen LogP contribution in [0.3, 0.4) is 0 Å². The van der Waals surface area contributed by atoms with Crippen LogP contribution in [-0.4, -0.2) is 38.4 Å². The largest absolute Gasteiger partial charge is 0.497 e. The Kier molecular flexibility index (Phi) is 4.01. The Morgan fingerprint density at radius 3 is 2.43 bits per heavy atom. The van der Waals surface area contributed by atoms with Crippen molar-refractivity contribution in [1.82, 2.24) is 20.2 Å². The molecule has 116 valence electrons. The molecule has 0 atom stereocenters. The monoisotopic (exact) mass is 310 g/mol. The number of aromatic nitrogens is 4. The number of benzene rings is 2. The van der Waals surface area contributed by atoms with Crippen molar-refractivity contribution in [3.05, 3.63) is 59.7 Å². The Balaban J connectivity index is 1.75. The number of rotatable bonds is 5. The van der Waals surface area contributed by atoms with Crippen LogP contribution in [0.4, 0.5) is 0 Å². The normalized spacial score (nSPS) is 10.5. The van der Waals surface area contributed by atoms with Crippen LogP contribution in [0.25, 0.3) is 11.4 Å². The molecule has 1 aromatic heterocycles. The molecule has 2 aromatic carbocycles. The van der Waals surface area contributed by atoms with Crippen molar-refractivity contribution in [2.75, 3.05) is 7.11 Å². The third kappa shape index (κ3) is 3.34. The van der Waals surface area contributed by atoms with Gasteiger partial charge in [0.05, 0.1) is 19.2 Å². The fraction of sp³-hybridized carbons (Fsp3) is 0.125. The predicted molar refractivity (Wildman–Crippen MR) is 82.3 cm³/mol. The lowest BCUT2D eigenvalue weighted by atomic mass is 10.1. The highest BCUT2D eigenvalue weighted by atomic mass is 16.5. The maximum atomic E-state index is 10.8. The Hall–Kier alpha value is -3.22. The van der Waals surface area contributed by atoms with Crippen molar-refractivity contribution >= 4 is 5.97 Å². The molecule has 0 saturated carbocycles. The molecule has 7 nitrogen and oxygen atoms in total. The molecule has 1 N–H and O–H groups in total. The van der Waals surface area contributed by atoms with Gasteiger partial charge in [0.15, 0.2) is 0 Å². The molecule has 23 heavy (non-hydrogen) atoms. The fourth-order valence-corrected chi connectivity index (χ4v) is 2.08. The molecule has 0 aliphatic heterocycles. The van der Waals surface area contributed by atoms with E-state index in [9.17, 15) is 4.79 Å². The van der Waals surface area contributed by atoms with Crippen molar-refractivity contribution in [2.45, 2.75) is 6.54 Å². The average Bonchev–Trinajstić information content (AvgIpc) is 3.04. The fourth-order valence-electron chi connectivity index (χ4n) is 2.08. The molecule has 0 saturated heterocycles. The Morgan fingerprint density at radius 2 is 1.83 bits per heavy atom. The topological polar surface area (TPSA) is 90.1 Å². The van der Waals surface area contributed by atoms with E-state index in [1.165, 1.54) is 16.9 Å². The summed E-state index contributed by atoms with van der Waals surface area (Å²) in [7, 11) is 1.62. The molecule has 3 rings (SSSR count). The number of ether oxygens (including phenoxy) is 1. The molecule has 0 spiro atoms. The molecule has 0 fully saturated rings. The summed E-state index contributed by atoms with van der Waals surface area (Å²) >= 11 is 0. The van der Waals surface area contributed by atoms with E-state index in [-0.39, 0.29) is 5.56 Å². The van der Waals surface area contributed by atoms with Gasteiger partial charge in [0.1, 0.15) is 5.75 Å². The van der Waals surface area contributed by atoms with Gasteiger partial charge in [-0.3, -0.25) is 0 Å². The van der Waals surface area contributed by atoms with E-state index < -0.39 is 5.97 Å². The van der Waals surface area contributed by atoms with Crippen LogP contribution < -0.4 is 4.74 Å². The van der Waals surface area contributed by atoms with Gasteiger partial charge in [-0.2, -0.15) is 4.80 Å². The van der Waals surface area contributed by atoms with Crippen molar-refractivity contribution in [2.24, 2.45) is 0 Å². The minimum atomic E-state index is -0.965. The molecule has 1 heterocycles. The number of methoxy groups -OCH3 is 1. The molecule has 0 aliphatic rings. The zero-order valence-electron chi connectivity index (χ0n) is 12.4. The molecule has 0 amide bonds. The zero-order valence-corrected chi connectivity index (χ0v) is 12.4. The van der Waals surface area contributed by atoms with E-state index in [4.69, 9.17) is 9.84 Å². The molecule has 0 bridgehead atoms. The van der Waals surface area contributed by atoms with E-state index >= 15 is 0 Å². The Morgan fingerprint density at radius 1 is 1.13 bits per heavy atom. The van der Waals surface area contributed by atoms with Gasteiger partial charge in [0, 0.05) is 5.56 Å². The second-order valence-corrected chi connectivity index (χ2v) is 4.87. The third-order valence-corrected chi connectivity index (χ3v) is 3.33. The quantitative estimate of drug-likeness (QED) is 0.776. The highest BCUT2D eigenvalue weighted by Crippen LogP contribution is 2.15. The van der Waals surface area contributed by atoms with Gasteiger partial charge in [-0.15, -0.1) is 10.2 Å². The first-order chi connectivity index (χ1) is 11.2. The van der Waals surface area contributed by atoms with E-state index in [0.717, 1.165) is 16.9 Å². The predicted octanol–water partition coefficient (Wildman–Crippen LogP) is 2.10. The van der Waals surface area contributed by atoms with Crippen molar-refractivity contribution in [3.8, 4) is 17.1 Å². The molecular weight excluding hydrogens is 296 g/mol. The van der Waals surface area contributed by atoms with Crippen LogP contribution in [0.5, 0.6) is 5.75 Å². The van der Waals surface area contributed by atoms with E-state index in [0.29, 0.717) is 12.4 Å². The van der Waals surface area contributed by atoms with Crippen LogP contribution in [0, 0.1) is 0 Å². The van der Waals surface area contributed by atoms with Gasteiger partial charge in [0.25, 0.3) is 0 Å². The number of nitrogens with zero attached hydrogens (tertiary/aromatic N) is 4. The molecule has 3 aromatic rings.